The minimum absolute atomic E-state index is 0.238. The van der Waals surface area contributed by atoms with Crippen LogP contribution in [0.5, 0.6) is 0 Å². The number of imidazole rings is 1. The molecule has 2 aromatic heterocycles. The minimum Gasteiger partial charge on any atom is -0.382 e. The van der Waals surface area contributed by atoms with Crippen molar-refractivity contribution in [2.45, 2.75) is 0 Å². The van der Waals surface area contributed by atoms with Crippen LogP contribution in [0.2, 0.25) is 5.02 Å². The van der Waals surface area contributed by atoms with E-state index in [-0.39, 0.29) is 11.5 Å². The average Bonchev–Trinajstić information content (AvgIpc) is 2.90. The van der Waals surface area contributed by atoms with Crippen LogP contribution in [0.1, 0.15) is 0 Å². The molecule has 0 bridgehead atoms. The molecule has 0 spiro atoms. The molecule has 2 heterocycles. The zero-order chi connectivity index (χ0) is 16.7. The first-order valence-corrected chi connectivity index (χ1v) is 7.60. The predicted octanol–water partition coefficient (Wildman–Crippen LogP) is 2.81. The van der Waals surface area contributed by atoms with Crippen molar-refractivity contribution in [3.05, 3.63) is 76.4 Å². The van der Waals surface area contributed by atoms with Gasteiger partial charge < -0.3 is 5.73 Å². The van der Waals surface area contributed by atoms with Crippen molar-refractivity contribution >= 4 is 28.6 Å². The molecule has 0 saturated carbocycles. The van der Waals surface area contributed by atoms with Gasteiger partial charge in [-0.15, -0.1) is 0 Å². The fraction of sp³-hybridized carbons (Fsp3) is 0. The Hall–Kier alpha value is -3.12. The minimum atomic E-state index is -0.272. The zero-order valence-electron chi connectivity index (χ0n) is 12.4. The van der Waals surface area contributed by atoms with Crippen LogP contribution in [0.3, 0.4) is 0 Å². The maximum atomic E-state index is 13.1. The lowest BCUT2D eigenvalue weighted by Crippen LogP contribution is -2.22. The Morgan fingerprint density at radius 3 is 2.25 bits per heavy atom. The highest BCUT2D eigenvalue weighted by molar-refractivity contribution is 6.30. The number of rotatable bonds is 2. The molecule has 0 saturated heterocycles. The number of anilines is 1. The normalized spacial score (nSPS) is 11.0. The lowest BCUT2D eigenvalue weighted by atomic mass is 10.3. The molecule has 0 aliphatic rings. The number of hydrogen-bond donors (Lipinski definition) is 1. The van der Waals surface area contributed by atoms with Crippen LogP contribution >= 0.6 is 11.6 Å². The number of fused-ring (bicyclic) bond motifs is 1. The van der Waals surface area contributed by atoms with Gasteiger partial charge in [0.2, 0.25) is 0 Å². The summed E-state index contributed by atoms with van der Waals surface area (Å²) >= 11 is 5.95. The van der Waals surface area contributed by atoms with Crippen LogP contribution in [0, 0.1) is 0 Å². The topological polar surface area (TPSA) is 78.7 Å². The first-order valence-electron chi connectivity index (χ1n) is 7.22. The molecular weight excluding hydrogens is 326 g/mol. The van der Waals surface area contributed by atoms with Gasteiger partial charge in [0.15, 0.2) is 11.5 Å². The largest absolute Gasteiger partial charge is 0.382 e. The number of aromatic nitrogens is 4. The van der Waals surface area contributed by atoms with Gasteiger partial charge in [-0.1, -0.05) is 29.8 Å². The van der Waals surface area contributed by atoms with Crippen molar-refractivity contribution in [1.82, 2.24) is 19.1 Å². The summed E-state index contributed by atoms with van der Waals surface area (Å²) in [6, 6.07) is 16.2. The van der Waals surface area contributed by atoms with E-state index in [1.807, 2.05) is 30.3 Å². The average molecular weight is 338 g/mol. The highest BCUT2D eigenvalue weighted by Gasteiger charge is 2.19. The predicted molar refractivity (Wildman–Crippen MR) is 93.9 cm³/mol. The second-order valence-electron chi connectivity index (χ2n) is 5.20. The molecule has 0 amide bonds. The Morgan fingerprint density at radius 2 is 1.54 bits per heavy atom. The van der Waals surface area contributed by atoms with Gasteiger partial charge in [-0.2, -0.15) is 0 Å². The van der Waals surface area contributed by atoms with Crippen molar-refractivity contribution in [2.75, 3.05) is 5.73 Å². The molecule has 0 fully saturated rings. The van der Waals surface area contributed by atoms with E-state index in [1.54, 1.807) is 24.3 Å². The van der Waals surface area contributed by atoms with E-state index in [0.717, 1.165) is 0 Å². The smallest absolute Gasteiger partial charge is 0.339 e. The lowest BCUT2D eigenvalue weighted by molar-refractivity contribution is 0.925. The van der Waals surface area contributed by atoms with E-state index < -0.39 is 0 Å². The lowest BCUT2D eigenvalue weighted by Gasteiger charge is -2.04. The number of benzene rings is 2. The molecule has 24 heavy (non-hydrogen) atoms. The summed E-state index contributed by atoms with van der Waals surface area (Å²) in [5, 5.41) is 0.586. The van der Waals surface area contributed by atoms with E-state index in [1.165, 1.54) is 15.5 Å². The maximum Gasteiger partial charge on any atom is 0.339 e. The first-order chi connectivity index (χ1) is 11.7. The number of halogens is 1. The maximum absolute atomic E-state index is 13.1. The van der Waals surface area contributed by atoms with E-state index >= 15 is 0 Å². The van der Waals surface area contributed by atoms with Crippen LogP contribution in [-0.2, 0) is 0 Å². The van der Waals surface area contributed by atoms with Gasteiger partial charge in [0.1, 0.15) is 11.8 Å². The fourth-order valence-electron chi connectivity index (χ4n) is 2.69. The van der Waals surface area contributed by atoms with Crippen molar-refractivity contribution in [3.8, 4) is 11.4 Å². The third kappa shape index (κ3) is 2.16. The Kier molecular flexibility index (Phi) is 3.32. The van der Waals surface area contributed by atoms with Gasteiger partial charge in [-0.3, -0.25) is 4.57 Å². The van der Waals surface area contributed by atoms with Gasteiger partial charge in [-0.25, -0.2) is 19.3 Å². The summed E-state index contributed by atoms with van der Waals surface area (Å²) in [5.74, 6) is 0.238. The Balaban J connectivity index is 2.13. The Labute approximate surface area is 141 Å². The summed E-state index contributed by atoms with van der Waals surface area (Å²) in [5.41, 5.74) is 8.03. The summed E-state index contributed by atoms with van der Waals surface area (Å²) in [6.45, 7) is 0. The molecule has 2 N–H and O–H groups in total. The quantitative estimate of drug-likeness (QED) is 0.610. The number of hydrogen-bond acceptors (Lipinski definition) is 4. The van der Waals surface area contributed by atoms with Gasteiger partial charge in [0, 0.05) is 5.02 Å². The van der Waals surface area contributed by atoms with Gasteiger partial charge in [-0.05, 0) is 36.4 Å². The van der Waals surface area contributed by atoms with E-state index in [9.17, 15) is 4.79 Å². The second kappa shape index (κ2) is 5.50. The first kappa shape index (κ1) is 14.5. The Bertz CT molecular complexity index is 1080. The van der Waals surface area contributed by atoms with Gasteiger partial charge in [0.05, 0.1) is 11.4 Å². The van der Waals surface area contributed by atoms with Gasteiger partial charge in [0.25, 0.3) is 0 Å². The van der Waals surface area contributed by atoms with Crippen molar-refractivity contribution in [1.29, 1.82) is 0 Å². The number of nitrogens with two attached hydrogens (primary N) is 1. The van der Waals surface area contributed by atoms with Crippen LogP contribution in [0.25, 0.3) is 22.5 Å². The fourth-order valence-corrected chi connectivity index (χ4v) is 2.81. The molecule has 0 unspecified atom stereocenters. The molecule has 6 nitrogen and oxygen atoms in total. The number of para-hydroxylation sites is 1. The summed E-state index contributed by atoms with van der Waals surface area (Å²) in [7, 11) is 0. The standard InChI is InChI=1S/C17H12ClN5O/c18-11-6-8-13(9-7-11)22-14-15(19)20-10-21-16(14)23(17(22)24)12-4-2-1-3-5-12/h1-10H,(H2,19,20,21). The molecule has 0 atom stereocenters. The molecule has 7 heteroatoms. The van der Waals surface area contributed by atoms with Crippen LogP contribution in [0.4, 0.5) is 5.82 Å². The molecule has 0 aliphatic carbocycles. The molecule has 0 aliphatic heterocycles. The monoisotopic (exact) mass is 337 g/mol. The molecule has 118 valence electrons. The highest BCUT2D eigenvalue weighted by Crippen LogP contribution is 2.23. The van der Waals surface area contributed by atoms with E-state index in [0.29, 0.717) is 27.6 Å². The van der Waals surface area contributed by atoms with Crippen molar-refractivity contribution in [3.63, 3.8) is 0 Å². The highest BCUT2D eigenvalue weighted by atomic mass is 35.5. The van der Waals surface area contributed by atoms with E-state index in [2.05, 4.69) is 9.97 Å². The third-order valence-electron chi connectivity index (χ3n) is 3.75. The van der Waals surface area contributed by atoms with E-state index in [4.69, 9.17) is 17.3 Å². The van der Waals surface area contributed by atoms with Crippen LogP contribution in [0.15, 0.2) is 65.7 Å². The SMILES string of the molecule is Nc1ncnc2c1n(-c1ccc(Cl)cc1)c(=O)n2-c1ccccc1. The summed E-state index contributed by atoms with van der Waals surface area (Å²) < 4.78 is 3.01. The molecule has 0 radical (unpaired) electrons. The van der Waals surface area contributed by atoms with Crippen LogP contribution in [-0.4, -0.2) is 19.1 Å². The Morgan fingerprint density at radius 1 is 0.875 bits per heavy atom. The second-order valence-corrected chi connectivity index (χ2v) is 5.63. The third-order valence-corrected chi connectivity index (χ3v) is 4.00. The van der Waals surface area contributed by atoms with Crippen molar-refractivity contribution < 1.29 is 0 Å². The van der Waals surface area contributed by atoms with Crippen LogP contribution < -0.4 is 11.4 Å². The zero-order valence-corrected chi connectivity index (χ0v) is 13.2. The molecular formula is C17H12ClN5O. The van der Waals surface area contributed by atoms with Crippen molar-refractivity contribution in [2.24, 2.45) is 0 Å². The number of nitrogens with zero attached hydrogens (tertiary/aromatic N) is 4. The van der Waals surface area contributed by atoms with Gasteiger partial charge >= 0.3 is 5.69 Å². The summed E-state index contributed by atoms with van der Waals surface area (Å²) in [4.78, 5) is 21.4. The number of nitrogen functional groups attached to an aromatic ring is 1. The molecule has 4 rings (SSSR count). The molecule has 2 aromatic carbocycles. The summed E-state index contributed by atoms with van der Waals surface area (Å²) in [6.07, 6.45) is 1.35. The molecule has 4 aromatic rings.